The minimum atomic E-state index is -3.37. The van der Waals surface area contributed by atoms with Gasteiger partial charge < -0.3 is 5.32 Å². The van der Waals surface area contributed by atoms with Gasteiger partial charge in [-0.2, -0.15) is 12.7 Å². The first kappa shape index (κ1) is 15.9. The maximum Gasteiger partial charge on any atom is 0.279 e. The summed E-state index contributed by atoms with van der Waals surface area (Å²) >= 11 is 0. The molecule has 1 aromatic rings. The van der Waals surface area contributed by atoms with Gasteiger partial charge >= 0.3 is 0 Å². The van der Waals surface area contributed by atoms with E-state index in [2.05, 4.69) is 29.1 Å². The molecule has 6 heteroatoms. The Bertz CT molecular complexity index is 610. The Morgan fingerprint density at radius 3 is 2.77 bits per heavy atom. The second-order valence-corrected chi connectivity index (χ2v) is 8.15. The third kappa shape index (κ3) is 3.51. The minimum absolute atomic E-state index is 0.0587. The van der Waals surface area contributed by atoms with E-state index < -0.39 is 10.2 Å². The highest BCUT2D eigenvalue weighted by Gasteiger charge is 2.28. The molecule has 0 amide bonds. The fourth-order valence-corrected chi connectivity index (χ4v) is 4.53. The van der Waals surface area contributed by atoms with Crippen LogP contribution in [0.25, 0.3) is 0 Å². The smallest absolute Gasteiger partial charge is 0.279 e. The van der Waals surface area contributed by atoms with Gasteiger partial charge in [-0.15, -0.1) is 0 Å². The first-order valence-electron chi connectivity index (χ1n) is 8.12. The highest BCUT2D eigenvalue weighted by molar-refractivity contribution is 7.87. The molecular weight excluding hydrogens is 298 g/mol. The van der Waals surface area contributed by atoms with Gasteiger partial charge in [0.2, 0.25) is 0 Å². The van der Waals surface area contributed by atoms with Gasteiger partial charge in [-0.05, 0) is 42.9 Å². The van der Waals surface area contributed by atoms with E-state index in [0.717, 1.165) is 25.8 Å². The molecule has 5 nitrogen and oxygen atoms in total. The topological polar surface area (TPSA) is 61.4 Å². The molecule has 3 rings (SSSR count). The molecule has 0 bridgehead atoms. The van der Waals surface area contributed by atoms with Crippen LogP contribution >= 0.6 is 0 Å². The van der Waals surface area contributed by atoms with Crippen LogP contribution in [0.3, 0.4) is 0 Å². The van der Waals surface area contributed by atoms with E-state index in [4.69, 9.17) is 0 Å². The average molecular weight is 323 g/mol. The summed E-state index contributed by atoms with van der Waals surface area (Å²) in [5.41, 5.74) is 2.53. The summed E-state index contributed by atoms with van der Waals surface area (Å²) in [5, 5.41) is 3.41. The third-order valence-corrected chi connectivity index (χ3v) is 6.34. The van der Waals surface area contributed by atoms with Crippen molar-refractivity contribution < 1.29 is 8.42 Å². The third-order valence-electron chi connectivity index (χ3n) is 4.77. The molecule has 2 N–H and O–H groups in total. The van der Waals surface area contributed by atoms with Gasteiger partial charge in [0.05, 0.1) is 0 Å². The van der Waals surface area contributed by atoms with Crippen LogP contribution in [-0.4, -0.2) is 38.9 Å². The monoisotopic (exact) mass is 323 g/mol. The number of nitrogens with one attached hydrogen (secondary N) is 2. The molecule has 0 aliphatic carbocycles. The molecule has 2 aliphatic heterocycles. The zero-order chi connectivity index (χ0) is 15.6. The zero-order valence-corrected chi connectivity index (χ0v) is 13.9. The molecule has 1 unspecified atom stereocenters. The lowest BCUT2D eigenvalue weighted by atomic mass is 9.95. The van der Waals surface area contributed by atoms with Crippen molar-refractivity contribution in [3.05, 3.63) is 35.4 Å². The van der Waals surface area contributed by atoms with Crippen molar-refractivity contribution in [1.82, 2.24) is 14.3 Å². The number of rotatable bonds is 4. The van der Waals surface area contributed by atoms with Crippen molar-refractivity contribution in [2.24, 2.45) is 5.92 Å². The van der Waals surface area contributed by atoms with Crippen LogP contribution in [0.2, 0.25) is 0 Å². The van der Waals surface area contributed by atoms with Crippen LogP contribution in [0, 0.1) is 5.92 Å². The molecule has 2 aliphatic rings. The van der Waals surface area contributed by atoms with Crippen LogP contribution in [-0.2, 0) is 16.6 Å². The molecule has 22 heavy (non-hydrogen) atoms. The molecule has 0 aromatic heterocycles. The summed E-state index contributed by atoms with van der Waals surface area (Å²) in [6.07, 6.45) is 2.90. The summed E-state index contributed by atoms with van der Waals surface area (Å²) in [6.45, 7) is 4.74. The lowest BCUT2D eigenvalue weighted by Gasteiger charge is -2.31. The van der Waals surface area contributed by atoms with Crippen LogP contribution in [0.4, 0.5) is 0 Å². The molecule has 2 heterocycles. The van der Waals surface area contributed by atoms with Crippen LogP contribution in [0.5, 0.6) is 0 Å². The standard InChI is InChI=1S/C16H25N3O2S/c1-13-7-10-19(11-8-13)22(20,21)18-12-16-15-5-3-2-4-14(15)6-9-17-16/h2-5,13,16-18H,6-12H2,1H3. The molecule has 0 radical (unpaired) electrons. The van der Waals surface area contributed by atoms with E-state index in [1.807, 2.05) is 12.1 Å². The maximum absolute atomic E-state index is 12.4. The van der Waals surface area contributed by atoms with E-state index in [0.29, 0.717) is 25.6 Å². The molecular formula is C16H25N3O2S. The lowest BCUT2D eigenvalue weighted by molar-refractivity contribution is 0.284. The highest BCUT2D eigenvalue weighted by Crippen LogP contribution is 2.23. The van der Waals surface area contributed by atoms with Gasteiger partial charge in [0, 0.05) is 25.7 Å². The van der Waals surface area contributed by atoms with E-state index in [1.165, 1.54) is 11.1 Å². The Labute approximate surface area is 133 Å². The lowest BCUT2D eigenvalue weighted by Crippen LogP contribution is -2.47. The quantitative estimate of drug-likeness (QED) is 0.881. The Morgan fingerprint density at radius 2 is 2.00 bits per heavy atom. The average Bonchev–Trinajstić information content (AvgIpc) is 2.53. The van der Waals surface area contributed by atoms with Crippen molar-refractivity contribution in [3.63, 3.8) is 0 Å². The number of benzene rings is 1. The molecule has 122 valence electrons. The van der Waals surface area contributed by atoms with E-state index in [-0.39, 0.29) is 6.04 Å². The predicted molar refractivity (Wildman–Crippen MR) is 87.8 cm³/mol. The van der Waals surface area contributed by atoms with E-state index in [9.17, 15) is 8.42 Å². The summed E-state index contributed by atoms with van der Waals surface area (Å²) in [4.78, 5) is 0. The normalized spacial score (nSPS) is 24.1. The first-order chi connectivity index (χ1) is 10.6. The van der Waals surface area contributed by atoms with Gasteiger partial charge in [-0.1, -0.05) is 31.2 Å². The van der Waals surface area contributed by atoms with Gasteiger partial charge in [-0.25, -0.2) is 4.72 Å². The molecule has 1 atom stereocenters. The zero-order valence-electron chi connectivity index (χ0n) is 13.1. The van der Waals surface area contributed by atoms with Crippen molar-refractivity contribution in [2.45, 2.75) is 32.2 Å². The Kier molecular flexibility index (Phi) is 4.82. The van der Waals surface area contributed by atoms with E-state index in [1.54, 1.807) is 4.31 Å². The largest absolute Gasteiger partial charge is 0.308 e. The molecule has 1 fully saturated rings. The van der Waals surface area contributed by atoms with Gasteiger partial charge in [-0.3, -0.25) is 0 Å². The van der Waals surface area contributed by atoms with Crippen molar-refractivity contribution in [3.8, 4) is 0 Å². The highest BCUT2D eigenvalue weighted by atomic mass is 32.2. The summed E-state index contributed by atoms with van der Waals surface area (Å²) in [6, 6.07) is 8.33. The summed E-state index contributed by atoms with van der Waals surface area (Å²) in [7, 11) is -3.37. The number of fused-ring (bicyclic) bond motifs is 1. The van der Waals surface area contributed by atoms with E-state index >= 15 is 0 Å². The fourth-order valence-electron chi connectivity index (χ4n) is 3.28. The van der Waals surface area contributed by atoms with Crippen LogP contribution in [0.1, 0.15) is 36.9 Å². The predicted octanol–water partition coefficient (Wildman–Crippen LogP) is 1.44. The minimum Gasteiger partial charge on any atom is -0.308 e. The van der Waals surface area contributed by atoms with Crippen molar-refractivity contribution in [2.75, 3.05) is 26.2 Å². The van der Waals surface area contributed by atoms with Gasteiger partial charge in [0.1, 0.15) is 0 Å². The molecule has 1 saturated heterocycles. The van der Waals surface area contributed by atoms with Crippen LogP contribution < -0.4 is 10.0 Å². The molecule has 1 aromatic carbocycles. The SMILES string of the molecule is CC1CCN(S(=O)(=O)NCC2NCCc3ccccc32)CC1. The summed E-state index contributed by atoms with van der Waals surface area (Å²) < 4.78 is 29.2. The Hall–Kier alpha value is -0.950. The molecule has 0 saturated carbocycles. The second kappa shape index (κ2) is 6.66. The second-order valence-electron chi connectivity index (χ2n) is 6.39. The van der Waals surface area contributed by atoms with Crippen LogP contribution in [0.15, 0.2) is 24.3 Å². The number of hydrogen-bond acceptors (Lipinski definition) is 3. The van der Waals surface area contributed by atoms with Gasteiger partial charge in [0.25, 0.3) is 10.2 Å². The summed E-state index contributed by atoms with van der Waals surface area (Å²) in [5.74, 6) is 0.623. The van der Waals surface area contributed by atoms with Gasteiger partial charge in [0.15, 0.2) is 0 Å². The number of nitrogens with zero attached hydrogens (tertiary/aromatic N) is 1. The molecule has 0 spiro atoms. The number of piperidine rings is 1. The first-order valence-corrected chi connectivity index (χ1v) is 9.56. The fraction of sp³-hybridized carbons (Fsp3) is 0.625. The Balaban J connectivity index is 1.63. The van der Waals surface area contributed by atoms with Crippen molar-refractivity contribution in [1.29, 1.82) is 0 Å². The van der Waals surface area contributed by atoms with Crippen molar-refractivity contribution >= 4 is 10.2 Å². The maximum atomic E-state index is 12.4. The Morgan fingerprint density at radius 1 is 1.27 bits per heavy atom. The number of hydrogen-bond donors (Lipinski definition) is 2.